The van der Waals surface area contributed by atoms with Crippen molar-refractivity contribution >= 4 is 25.4 Å². The number of ether oxygens (including phenoxy) is 2. The van der Waals surface area contributed by atoms with Gasteiger partial charge in [0.15, 0.2) is 6.10 Å². The largest absolute Gasteiger partial charge is 0.479 e. The number of carbonyl (C=O) groups excluding carboxylic acids is 1. The number of phosphoric acid groups is 1. The molecule has 23 heavy (non-hydrogen) atoms. The molecule has 3 heterocycles. The van der Waals surface area contributed by atoms with Gasteiger partial charge in [0.1, 0.15) is 12.4 Å². The fourth-order valence-corrected chi connectivity index (χ4v) is 3.76. The van der Waals surface area contributed by atoms with E-state index in [0.717, 1.165) is 0 Å². The van der Waals surface area contributed by atoms with Crippen LogP contribution in [-0.2, 0) is 27.7 Å². The number of halogens is 1. The summed E-state index contributed by atoms with van der Waals surface area (Å²) >= 11 is 5.79. The number of fused-ring (bicyclic) bond motifs is 3. The third-order valence-electron chi connectivity index (χ3n) is 3.57. The maximum absolute atomic E-state index is 12.0. The van der Waals surface area contributed by atoms with Gasteiger partial charge in [-0.15, -0.1) is 0 Å². The summed E-state index contributed by atoms with van der Waals surface area (Å²) in [6, 6.07) is 6.67. The van der Waals surface area contributed by atoms with E-state index >= 15 is 0 Å². The van der Waals surface area contributed by atoms with Gasteiger partial charge in [0.05, 0.1) is 25.2 Å². The SMILES string of the molecule is CC(Oc1ccc(Cl)cc1)C(=O)OCC12COP(=O)(OC1)OC2. The van der Waals surface area contributed by atoms with Crippen molar-refractivity contribution in [1.29, 1.82) is 0 Å². The minimum Gasteiger partial charge on any atom is -0.479 e. The second kappa shape index (κ2) is 6.42. The summed E-state index contributed by atoms with van der Waals surface area (Å²) in [5, 5.41) is 0.582. The summed E-state index contributed by atoms with van der Waals surface area (Å²) in [7, 11) is -3.36. The van der Waals surface area contributed by atoms with Crippen LogP contribution in [-0.4, -0.2) is 38.5 Å². The molecule has 4 rings (SSSR count). The second-order valence-corrected chi connectivity index (χ2v) is 7.69. The van der Waals surface area contributed by atoms with E-state index in [2.05, 4.69) is 0 Å². The van der Waals surface area contributed by atoms with Gasteiger partial charge in [-0.25, -0.2) is 9.36 Å². The van der Waals surface area contributed by atoms with Crippen LogP contribution in [0.4, 0.5) is 0 Å². The van der Waals surface area contributed by atoms with Gasteiger partial charge in [0.25, 0.3) is 0 Å². The van der Waals surface area contributed by atoms with E-state index < -0.39 is 25.3 Å². The number of rotatable bonds is 5. The zero-order valence-corrected chi connectivity index (χ0v) is 14.0. The lowest BCUT2D eigenvalue weighted by Gasteiger charge is -2.43. The van der Waals surface area contributed by atoms with Crippen LogP contribution in [0.15, 0.2) is 24.3 Å². The topological polar surface area (TPSA) is 80.3 Å². The summed E-state index contributed by atoms with van der Waals surface area (Å²) in [6.45, 7) is 2.14. The van der Waals surface area contributed by atoms with Crippen LogP contribution in [0.25, 0.3) is 0 Å². The number of phosphoric ester groups is 1. The molecule has 3 saturated heterocycles. The minimum absolute atomic E-state index is 0.0418. The Labute approximate surface area is 138 Å². The van der Waals surface area contributed by atoms with E-state index in [4.69, 9.17) is 34.6 Å². The minimum atomic E-state index is -3.36. The van der Waals surface area contributed by atoms with Crippen LogP contribution in [0.2, 0.25) is 5.02 Å². The summed E-state index contributed by atoms with van der Waals surface area (Å²) < 4.78 is 37.5. The highest BCUT2D eigenvalue weighted by Gasteiger charge is 2.51. The quantitative estimate of drug-likeness (QED) is 0.588. The monoisotopic (exact) mass is 362 g/mol. The molecule has 126 valence electrons. The van der Waals surface area contributed by atoms with Crippen molar-refractivity contribution in [2.45, 2.75) is 13.0 Å². The molecule has 3 fully saturated rings. The summed E-state index contributed by atoms with van der Waals surface area (Å²) in [5.74, 6) is -0.00283. The number of carbonyl (C=O) groups is 1. The highest BCUT2D eigenvalue weighted by molar-refractivity contribution is 7.48. The zero-order chi connectivity index (χ0) is 16.5. The van der Waals surface area contributed by atoms with E-state index in [1.807, 2.05) is 0 Å². The molecule has 3 aliphatic rings. The van der Waals surface area contributed by atoms with Crippen molar-refractivity contribution in [3.63, 3.8) is 0 Å². The molecule has 7 nitrogen and oxygen atoms in total. The highest BCUT2D eigenvalue weighted by atomic mass is 35.5. The Bertz CT molecular complexity index is 601. The molecule has 0 saturated carbocycles. The van der Waals surface area contributed by atoms with Crippen LogP contribution in [0, 0.1) is 5.41 Å². The predicted octanol–water partition coefficient (Wildman–Crippen LogP) is 2.82. The Balaban J connectivity index is 1.51. The first kappa shape index (κ1) is 16.7. The van der Waals surface area contributed by atoms with Gasteiger partial charge in [-0.1, -0.05) is 11.6 Å². The van der Waals surface area contributed by atoms with Gasteiger partial charge in [0.2, 0.25) is 0 Å². The fraction of sp³-hybridized carbons (Fsp3) is 0.500. The van der Waals surface area contributed by atoms with Crippen molar-refractivity contribution in [2.24, 2.45) is 5.41 Å². The Morgan fingerprint density at radius 2 is 1.83 bits per heavy atom. The third kappa shape index (κ3) is 3.87. The molecule has 1 aromatic rings. The van der Waals surface area contributed by atoms with E-state index in [1.165, 1.54) is 0 Å². The Kier molecular flexibility index (Phi) is 4.67. The molecule has 3 aliphatic heterocycles. The van der Waals surface area contributed by atoms with E-state index in [1.54, 1.807) is 31.2 Å². The lowest BCUT2D eigenvalue weighted by Crippen LogP contribution is -2.48. The van der Waals surface area contributed by atoms with Gasteiger partial charge in [-0.2, -0.15) is 0 Å². The number of benzene rings is 1. The maximum atomic E-state index is 12.0. The number of esters is 1. The Morgan fingerprint density at radius 3 is 2.39 bits per heavy atom. The Morgan fingerprint density at radius 1 is 1.26 bits per heavy atom. The van der Waals surface area contributed by atoms with Crippen LogP contribution in [0.5, 0.6) is 5.75 Å². The fourth-order valence-electron chi connectivity index (χ4n) is 2.12. The average Bonchev–Trinajstić information content (AvgIpc) is 2.56. The van der Waals surface area contributed by atoms with Crippen molar-refractivity contribution in [2.75, 3.05) is 26.4 Å². The van der Waals surface area contributed by atoms with Crippen molar-refractivity contribution < 1.29 is 32.4 Å². The first-order valence-corrected chi connectivity index (χ1v) is 8.86. The molecule has 2 bridgehead atoms. The molecule has 1 atom stereocenters. The van der Waals surface area contributed by atoms with E-state index in [9.17, 15) is 9.36 Å². The first-order valence-electron chi connectivity index (χ1n) is 7.02. The third-order valence-corrected chi connectivity index (χ3v) is 5.15. The van der Waals surface area contributed by atoms with Gasteiger partial charge in [-0.3, -0.25) is 13.6 Å². The predicted molar refractivity (Wildman–Crippen MR) is 80.4 cm³/mol. The standard InChI is InChI=1S/C14H16ClO7P/c1-10(22-12-4-2-11(15)3-5-12)13(16)18-6-14-7-19-23(17,20-8-14)21-9-14/h2-5,10H,6-9H2,1H3. The van der Waals surface area contributed by atoms with E-state index in [-0.39, 0.29) is 26.4 Å². The smallest absolute Gasteiger partial charge is 0.474 e. The van der Waals surface area contributed by atoms with Gasteiger partial charge < -0.3 is 9.47 Å². The molecule has 9 heteroatoms. The number of hydrogen-bond acceptors (Lipinski definition) is 7. The molecule has 0 amide bonds. The molecule has 0 N–H and O–H groups in total. The van der Waals surface area contributed by atoms with Crippen LogP contribution < -0.4 is 4.74 Å². The first-order chi connectivity index (χ1) is 10.9. The molecule has 0 radical (unpaired) electrons. The lowest BCUT2D eigenvalue weighted by molar-refractivity contribution is -0.166. The number of hydrogen-bond donors (Lipinski definition) is 0. The highest BCUT2D eigenvalue weighted by Crippen LogP contribution is 2.59. The van der Waals surface area contributed by atoms with Crippen molar-refractivity contribution in [1.82, 2.24) is 0 Å². The molecule has 0 aliphatic carbocycles. The normalized spacial score (nSPS) is 30.7. The molecule has 1 unspecified atom stereocenters. The zero-order valence-electron chi connectivity index (χ0n) is 12.4. The lowest BCUT2D eigenvalue weighted by atomic mass is 9.92. The molecule has 1 aromatic carbocycles. The summed E-state index contributed by atoms with van der Waals surface area (Å²) in [5.41, 5.74) is -0.623. The second-order valence-electron chi connectivity index (χ2n) is 5.59. The average molecular weight is 363 g/mol. The maximum Gasteiger partial charge on any atom is 0.474 e. The van der Waals surface area contributed by atoms with Crippen molar-refractivity contribution in [3.05, 3.63) is 29.3 Å². The summed E-state index contributed by atoms with van der Waals surface area (Å²) in [4.78, 5) is 12.0. The molecular weight excluding hydrogens is 347 g/mol. The van der Waals surface area contributed by atoms with Crippen LogP contribution in [0.3, 0.4) is 0 Å². The summed E-state index contributed by atoms with van der Waals surface area (Å²) in [6.07, 6.45) is -0.784. The van der Waals surface area contributed by atoms with Gasteiger partial charge in [-0.05, 0) is 31.2 Å². The molecule has 0 aromatic heterocycles. The van der Waals surface area contributed by atoms with E-state index in [0.29, 0.717) is 10.8 Å². The van der Waals surface area contributed by atoms with Crippen molar-refractivity contribution in [3.8, 4) is 5.75 Å². The van der Waals surface area contributed by atoms with Gasteiger partial charge >= 0.3 is 13.8 Å². The van der Waals surface area contributed by atoms with Gasteiger partial charge in [0, 0.05) is 5.02 Å². The van der Waals surface area contributed by atoms with Crippen LogP contribution >= 0.6 is 19.4 Å². The Hall–Kier alpha value is -1.11. The molecule has 0 spiro atoms. The van der Waals surface area contributed by atoms with Crippen LogP contribution in [0.1, 0.15) is 6.92 Å². The molecular formula is C14H16ClO7P.